The second-order valence-electron chi connectivity index (χ2n) is 8.75. The van der Waals surface area contributed by atoms with Crippen molar-refractivity contribution >= 4 is 46.0 Å². The second kappa shape index (κ2) is 9.67. The zero-order chi connectivity index (χ0) is 25.4. The lowest BCUT2D eigenvalue weighted by Crippen LogP contribution is -2.47. The smallest absolute Gasteiger partial charge is 0.336 e. The highest BCUT2D eigenvalue weighted by Crippen LogP contribution is 2.37. The van der Waals surface area contributed by atoms with Crippen LogP contribution in [0.15, 0.2) is 59.9 Å². The van der Waals surface area contributed by atoms with Crippen molar-refractivity contribution in [3.05, 3.63) is 70.6 Å². The van der Waals surface area contributed by atoms with E-state index in [0.717, 1.165) is 44.0 Å². The largest absolute Gasteiger partial charge is 0.419 e. The summed E-state index contributed by atoms with van der Waals surface area (Å²) in [6.07, 6.45) is 1.99. The minimum Gasteiger partial charge on any atom is -0.419 e. The molecule has 0 bridgehead atoms. The van der Waals surface area contributed by atoms with Crippen LogP contribution in [-0.2, 0) is 16.1 Å². The molecule has 2 aromatic carbocycles. The number of anilines is 1. The monoisotopic (exact) mass is 508 g/mol. The number of carbonyl (C=O) groups excluding carboxylic acids is 2. The summed E-state index contributed by atoms with van der Waals surface area (Å²) in [7, 11) is 0. The van der Waals surface area contributed by atoms with Crippen LogP contribution in [-0.4, -0.2) is 58.7 Å². The molecule has 3 heterocycles. The number of imidazole rings is 1. The number of aromatic nitrogens is 2. The Bertz CT molecular complexity index is 1450. The van der Waals surface area contributed by atoms with E-state index in [2.05, 4.69) is 16.4 Å². The summed E-state index contributed by atoms with van der Waals surface area (Å²) in [6, 6.07) is 11.1. The van der Waals surface area contributed by atoms with Crippen LogP contribution in [0, 0.1) is 0 Å². The fraction of sp³-hybridized carbons (Fsp3) is 0.269. The van der Waals surface area contributed by atoms with Gasteiger partial charge < -0.3 is 14.4 Å². The number of piperazine rings is 1. The van der Waals surface area contributed by atoms with Gasteiger partial charge in [0, 0.05) is 67.8 Å². The number of hydrogen-bond acceptors (Lipinski definition) is 7. The number of carbonyl (C=O) groups is 2. The van der Waals surface area contributed by atoms with Gasteiger partial charge in [-0.15, -0.1) is 0 Å². The predicted octanol–water partition coefficient (Wildman–Crippen LogP) is 3.15. The van der Waals surface area contributed by atoms with E-state index >= 15 is 0 Å². The van der Waals surface area contributed by atoms with Gasteiger partial charge in [0.1, 0.15) is 5.52 Å². The van der Waals surface area contributed by atoms with E-state index in [4.69, 9.17) is 21.1 Å². The van der Waals surface area contributed by atoms with Crippen LogP contribution in [0.5, 0.6) is 11.5 Å². The van der Waals surface area contributed by atoms with Crippen LogP contribution in [0.25, 0.3) is 16.7 Å². The van der Waals surface area contributed by atoms with Gasteiger partial charge in [0.05, 0.1) is 5.52 Å². The maximum atomic E-state index is 13.4. The molecular weight excluding hydrogens is 484 g/mol. The second-order valence-corrected chi connectivity index (χ2v) is 9.18. The lowest BCUT2D eigenvalue weighted by Gasteiger charge is -2.36. The molecule has 0 unspecified atom stereocenters. The molecule has 0 atom stereocenters. The topological polar surface area (TPSA) is 86.0 Å². The number of nitrogens with zero attached hydrogens (tertiary/aromatic N) is 4. The SMILES string of the molecule is C=C(C)n1c(=O)n(CCN2CCN(c3ccc(Cl)cc3)CC2)c2ccc3c(c21)OC(=O)/C=C/C(=O)O3. The van der Waals surface area contributed by atoms with Crippen LogP contribution >= 0.6 is 11.6 Å². The molecule has 0 radical (unpaired) electrons. The minimum absolute atomic E-state index is 0.0191. The standard InChI is InChI=1S/C26H25ClN4O5/c1-17(2)31-24-20(7-8-21-25(24)36-23(33)10-9-22(32)35-21)30(26(31)34)16-13-28-11-14-29(15-12-28)19-5-3-18(27)4-6-19/h3-10H,1,11-16H2,2H3/b10-9+. The van der Waals surface area contributed by atoms with Crippen molar-refractivity contribution in [2.45, 2.75) is 13.5 Å². The Hall–Kier alpha value is -3.82. The third-order valence-electron chi connectivity index (χ3n) is 6.36. The lowest BCUT2D eigenvalue weighted by molar-refractivity contribution is -0.133. The first-order valence-corrected chi connectivity index (χ1v) is 12.0. The van der Waals surface area contributed by atoms with Gasteiger partial charge in [0.2, 0.25) is 0 Å². The number of ether oxygens (including phenoxy) is 2. The number of allylic oxidation sites excluding steroid dienone is 1. The van der Waals surface area contributed by atoms with Gasteiger partial charge in [-0.05, 0) is 43.3 Å². The van der Waals surface area contributed by atoms with E-state index in [-0.39, 0.29) is 17.2 Å². The zero-order valence-electron chi connectivity index (χ0n) is 19.8. The summed E-state index contributed by atoms with van der Waals surface area (Å²) >= 11 is 6.01. The van der Waals surface area contributed by atoms with E-state index in [1.54, 1.807) is 17.6 Å². The molecule has 2 aliphatic heterocycles. The van der Waals surface area contributed by atoms with Crippen molar-refractivity contribution in [1.82, 2.24) is 14.0 Å². The molecule has 0 amide bonds. The van der Waals surface area contributed by atoms with Crippen molar-refractivity contribution in [1.29, 1.82) is 0 Å². The van der Waals surface area contributed by atoms with Gasteiger partial charge >= 0.3 is 17.6 Å². The van der Waals surface area contributed by atoms with Gasteiger partial charge in [-0.1, -0.05) is 18.2 Å². The quantitative estimate of drug-likeness (QED) is 0.386. The Morgan fingerprint density at radius 2 is 1.58 bits per heavy atom. The van der Waals surface area contributed by atoms with Crippen molar-refractivity contribution in [2.24, 2.45) is 0 Å². The molecular formula is C26H25ClN4O5. The number of rotatable bonds is 5. The summed E-state index contributed by atoms with van der Waals surface area (Å²) < 4.78 is 13.8. The summed E-state index contributed by atoms with van der Waals surface area (Å²) in [6.45, 7) is 10.2. The number of hydrogen-bond donors (Lipinski definition) is 0. The first kappa shape index (κ1) is 23.9. The molecule has 0 aliphatic carbocycles. The van der Waals surface area contributed by atoms with E-state index in [1.165, 1.54) is 10.6 Å². The Morgan fingerprint density at radius 3 is 2.25 bits per heavy atom. The van der Waals surface area contributed by atoms with Crippen molar-refractivity contribution < 1.29 is 19.1 Å². The Morgan fingerprint density at radius 1 is 0.917 bits per heavy atom. The molecule has 0 N–H and O–H groups in total. The third kappa shape index (κ3) is 4.55. The number of halogens is 1. The van der Waals surface area contributed by atoms with Crippen LogP contribution in [0.4, 0.5) is 5.69 Å². The van der Waals surface area contributed by atoms with Crippen LogP contribution in [0.1, 0.15) is 6.92 Å². The third-order valence-corrected chi connectivity index (χ3v) is 6.62. The molecule has 1 aromatic heterocycles. The average Bonchev–Trinajstić information content (AvgIpc) is 3.14. The molecule has 186 valence electrons. The minimum atomic E-state index is -0.729. The van der Waals surface area contributed by atoms with Gasteiger partial charge in [-0.3, -0.25) is 14.0 Å². The fourth-order valence-electron chi connectivity index (χ4n) is 4.58. The van der Waals surface area contributed by atoms with Crippen molar-refractivity contribution in [2.75, 3.05) is 37.6 Å². The molecule has 36 heavy (non-hydrogen) atoms. The molecule has 0 saturated carbocycles. The van der Waals surface area contributed by atoms with Gasteiger partial charge in [-0.25, -0.2) is 14.4 Å². The highest BCUT2D eigenvalue weighted by Gasteiger charge is 2.26. The fourth-order valence-corrected chi connectivity index (χ4v) is 4.71. The van der Waals surface area contributed by atoms with Crippen LogP contribution in [0.2, 0.25) is 5.02 Å². The summed E-state index contributed by atoms with van der Waals surface area (Å²) in [5.74, 6) is -1.35. The Balaban J connectivity index is 1.40. The van der Waals surface area contributed by atoms with Gasteiger partial charge in [-0.2, -0.15) is 0 Å². The summed E-state index contributed by atoms with van der Waals surface area (Å²) in [5.41, 5.74) is 2.20. The highest BCUT2D eigenvalue weighted by molar-refractivity contribution is 6.30. The number of benzene rings is 2. The molecule has 5 rings (SSSR count). The molecule has 3 aromatic rings. The maximum absolute atomic E-state index is 13.4. The molecule has 10 heteroatoms. The molecule has 1 saturated heterocycles. The predicted molar refractivity (Wildman–Crippen MR) is 138 cm³/mol. The van der Waals surface area contributed by atoms with Crippen LogP contribution < -0.4 is 20.1 Å². The molecule has 1 fully saturated rings. The Kier molecular flexibility index (Phi) is 6.42. The summed E-state index contributed by atoms with van der Waals surface area (Å²) in [5, 5.41) is 0.716. The van der Waals surface area contributed by atoms with Crippen LogP contribution in [0.3, 0.4) is 0 Å². The van der Waals surface area contributed by atoms with Crippen molar-refractivity contribution in [3.63, 3.8) is 0 Å². The number of esters is 2. The first-order chi connectivity index (χ1) is 17.3. The molecule has 9 nitrogen and oxygen atoms in total. The first-order valence-electron chi connectivity index (χ1n) is 11.6. The van der Waals surface area contributed by atoms with E-state index < -0.39 is 11.9 Å². The average molecular weight is 509 g/mol. The lowest BCUT2D eigenvalue weighted by atomic mass is 10.2. The van der Waals surface area contributed by atoms with Gasteiger partial charge in [0.15, 0.2) is 11.5 Å². The Labute approximate surface area is 212 Å². The number of fused-ring (bicyclic) bond motifs is 3. The van der Waals surface area contributed by atoms with E-state index in [9.17, 15) is 14.4 Å². The normalized spacial score (nSPS) is 17.2. The van der Waals surface area contributed by atoms with Crippen molar-refractivity contribution in [3.8, 4) is 11.5 Å². The van der Waals surface area contributed by atoms with E-state index in [0.29, 0.717) is 34.8 Å². The van der Waals surface area contributed by atoms with Gasteiger partial charge in [0.25, 0.3) is 0 Å². The maximum Gasteiger partial charge on any atom is 0.336 e. The molecule has 2 aliphatic rings. The highest BCUT2D eigenvalue weighted by atomic mass is 35.5. The summed E-state index contributed by atoms with van der Waals surface area (Å²) in [4.78, 5) is 42.2. The zero-order valence-corrected chi connectivity index (χ0v) is 20.5. The molecule has 0 spiro atoms. The van der Waals surface area contributed by atoms with E-state index in [1.807, 2.05) is 24.3 Å².